The van der Waals surface area contributed by atoms with Crippen molar-refractivity contribution in [3.05, 3.63) is 35.9 Å². The molecule has 1 amide bonds. The molecule has 6 rings (SSSR count). The van der Waals surface area contributed by atoms with Gasteiger partial charge in [-0.25, -0.2) is 15.3 Å². The van der Waals surface area contributed by atoms with Gasteiger partial charge in [0.25, 0.3) is 5.91 Å². The smallest absolute Gasteiger partial charge is 0.274 e. The Morgan fingerprint density at radius 2 is 1.91 bits per heavy atom. The van der Waals surface area contributed by atoms with Crippen LogP contribution >= 0.6 is 0 Å². The normalized spacial score (nSPS) is 41.8. The number of hydrogen-bond donors (Lipinski definition) is 1. The largest absolute Gasteiger partial charge is 0.352 e. The highest BCUT2D eigenvalue weighted by Crippen LogP contribution is 2.60. The third-order valence-electron chi connectivity index (χ3n) is 7.97. The average Bonchev–Trinajstić information content (AvgIpc) is 3.05. The molecular weight excluding hydrogens is 426 g/mol. The van der Waals surface area contributed by atoms with Crippen LogP contribution in [0, 0.1) is 23.7 Å². The number of nitrogens with one attached hydrogen (secondary N) is 1. The molecule has 2 bridgehead atoms. The lowest BCUT2D eigenvalue weighted by molar-refractivity contribution is -0.577. The quantitative estimate of drug-likeness (QED) is 0.374. The van der Waals surface area contributed by atoms with Gasteiger partial charge in [-0.3, -0.25) is 9.63 Å². The number of amides is 1. The molecule has 8 heteroatoms. The van der Waals surface area contributed by atoms with Crippen LogP contribution in [0.3, 0.4) is 0 Å². The first-order valence-electron chi connectivity index (χ1n) is 12.2. The van der Waals surface area contributed by atoms with Crippen LogP contribution in [0.15, 0.2) is 30.3 Å². The van der Waals surface area contributed by atoms with Gasteiger partial charge in [-0.15, -0.1) is 0 Å². The van der Waals surface area contributed by atoms with Crippen LogP contribution in [0.4, 0.5) is 0 Å². The van der Waals surface area contributed by atoms with E-state index in [1.165, 1.54) is 0 Å². The number of benzene rings is 1. The molecule has 5 fully saturated rings. The van der Waals surface area contributed by atoms with Crippen molar-refractivity contribution in [1.29, 1.82) is 0 Å². The fourth-order valence-electron chi connectivity index (χ4n) is 6.16. The minimum atomic E-state index is -0.784. The summed E-state index contributed by atoms with van der Waals surface area (Å²) in [6, 6.07) is 8.97. The van der Waals surface area contributed by atoms with Gasteiger partial charge in [-0.1, -0.05) is 32.0 Å². The van der Waals surface area contributed by atoms with Crippen LogP contribution < -0.4 is 5.48 Å². The van der Waals surface area contributed by atoms with E-state index in [-0.39, 0.29) is 24.0 Å². The van der Waals surface area contributed by atoms with Crippen molar-refractivity contribution in [2.75, 3.05) is 13.2 Å². The monoisotopic (exact) mass is 461 g/mol. The van der Waals surface area contributed by atoms with Gasteiger partial charge < -0.3 is 14.2 Å². The molecule has 8 nitrogen and oxygen atoms in total. The number of carbonyl (C=O) groups excluding carboxylic acids is 1. The van der Waals surface area contributed by atoms with E-state index >= 15 is 0 Å². The maximum absolute atomic E-state index is 12.0. The number of hydrogen-bond acceptors (Lipinski definition) is 7. The highest BCUT2D eigenvalue weighted by atomic mass is 17.3. The Morgan fingerprint density at radius 1 is 1.09 bits per heavy atom. The maximum atomic E-state index is 12.0. The molecule has 5 aliphatic rings. The van der Waals surface area contributed by atoms with Crippen LogP contribution in [-0.4, -0.2) is 43.1 Å². The minimum Gasteiger partial charge on any atom is -0.352 e. The van der Waals surface area contributed by atoms with Crippen molar-refractivity contribution in [2.24, 2.45) is 23.7 Å². The van der Waals surface area contributed by atoms with Crippen molar-refractivity contribution in [3.63, 3.8) is 0 Å². The Kier molecular flexibility index (Phi) is 6.50. The van der Waals surface area contributed by atoms with Crippen LogP contribution in [0.5, 0.6) is 0 Å². The SMILES string of the molecule is C[C@H]1[C@@H](OCCCONC(=O)c2ccccc2)O[C@@H]2O[C@@]3(C)CC[C@H]4[C@H](C)CC[C@@H]1[C@@]24OO3. The van der Waals surface area contributed by atoms with Crippen molar-refractivity contribution in [3.8, 4) is 0 Å². The Balaban J connectivity index is 1.15. The van der Waals surface area contributed by atoms with Crippen molar-refractivity contribution in [2.45, 2.75) is 76.8 Å². The summed E-state index contributed by atoms with van der Waals surface area (Å²) >= 11 is 0. The molecule has 1 aliphatic carbocycles. The van der Waals surface area contributed by atoms with Gasteiger partial charge in [0, 0.05) is 23.8 Å². The second-order valence-electron chi connectivity index (χ2n) is 10.1. The van der Waals surface area contributed by atoms with Gasteiger partial charge in [0.15, 0.2) is 18.2 Å². The summed E-state index contributed by atoms with van der Waals surface area (Å²) in [6.45, 7) is 7.21. The van der Waals surface area contributed by atoms with Crippen molar-refractivity contribution in [1.82, 2.24) is 5.48 Å². The Bertz CT molecular complexity index is 837. The number of ether oxygens (including phenoxy) is 3. The molecule has 8 atom stereocenters. The van der Waals surface area contributed by atoms with E-state index in [1.54, 1.807) is 12.1 Å². The lowest BCUT2D eigenvalue weighted by Gasteiger charge is -2.60. The number of fused-ring (bicyclic) bond motifs is 2. The molecular formula is C25H35NO7. The molecule has 4 heterocycles. The first-order chi connectivity index (χ1) is 15.9. The third kappa shape index (κ3) is 4.22. The van der Waals surface area contributed by atoms with Gasteiger partial charge in [-0.05, 0) is 56.6 Å². The Hall–Kier alpha value is -1.55. The van der Waals surface area contributed by atoms with Gasteiger partial charge >= 0.3 is 0 Å². The van der Waals surface area contributed by atoms with E-state index in [1.807, 2.05) is 25.1 Å². The standard InChI is InChI=1S/C25H35NO7/c1-16-10-11-20-17(2)22(28-14-7-15-29-26-21(27)18-8-5-4-6-9-18)30-23-25(20)19(16)12-13-24(3,31-23)32-33-25/h4-6,8-9,16-17,19-20,22-23H,7,10-15H2,1-3H3,(H,26,27)/t16-,17-,19+,20+,22+,23-,24-,25-/m1/s1. The molecule has 4 saturated heterocycles. The van der Waals surface area contributed by atoms with E-state index in [9.17, 15) is 4.79 Å². The van der Waals surface area contributed by atoms with E-state index in [4.69, 9.17) is 28.8 Å². The van der Waals surface area contributed by atoms with Crippen LogP contribution in [-0.2, 0) is 28.8 Å². The molecule has 1 aromatic carbocycles. The summed E-state index contributed by atoms with van der Waals surface area (Å²) in [5.41, 5.74) is 2.46. The summed E-state index contributed by atoms with van der Waals surface area (Å²) < 4.78 is 18.9. The third-order valence-corrected chi connectivity index (χ3v) is 7.97. The first kappa shape index (κ1) is 23.2. The highest BCUT2D eigenvalue weighted by molar-refractivity contribution is 5.93. The summed E-state index contributed by atoms with van der Waals surface area (Å²) in [5.74, 6) is 0.219. The zero-order valence-corrected chi connectivity index (χ0v) is 19.7. The van der Waals surface area contributed by atoms with Crippen LogP contribution in [0.2, 0.25) is 0 Å². The van der Waals surface area contributed by atoms with Gasteiger partial charge in [0.05, 0.1) is 13.2 Å². The molecule has 182 valence electrons. The average molecular weight is 462 g/mol. The Labute approximate surface area is 195 Å². The van der Waals surface area contributed by atoms with Crippen molar-refractivity contribution >= 4 is 5.91 Å². The molecule has 4 aliphatic heterocycles. The fraction of sp³-hybridized carbons (Fsp3) is 0.720. The van der Waals surface area contributed by atoms with E-state index in [0.29, 0.717) is 37.0 Å². The van der Waals surface area contributed by atoms with E-state index in [0.717, 1.165) is 25.7 Å². The lowest BCUT2D eigenvalue weighted by Crippen LogP contribution is -2.70. The second kappa shape index (κ2) is 9.24. The predicted molar refractivity (Wildman–Crippen MR) is 117 cm³/mol. The summed E-state index contributed by atoms with van der Waals surface area (Å²) in [4.78, 5) is 29.3. The topological polar surface area (TPSA) is 84.5 Å². The molecule has 0 aromatic heterocycles. The summed E-state index contributed by atoms with van der Waals surface area (Å²) in [7, 11) is 0. The lowest BCUT2D eigenvalue weighted by atomic mass is 9.58. The maximum Gasteiger partial charge on any atom is 0.274 e. The molecule has 1 saturated carbocycles. The predicted octanol–water partition coefficient (Wildman–Crippen LogP) is 3.96. The van der Waals surface area contributed by atoms with Crippen molar-refractivity contribution < 1.29 is 33.6 Å². The Morgan fingerprint density at radius 3 is 2.73 bits per heavy atom. The number of hydroxylamine groups is 1. The van der Waals surface area contributed by atoms with E-state index in [2.05, 4.69) is 19.3 Å². The first-order valence-corrected chi connectivity index (χ1v) is 12.2. The van der Waals surface area contributed by atoms with Gasteiger partial charge in [0.1, 0.15) is 0 Å². The molecule has 0 radical (unpaired) electrons. The van der Waals surface area contributed by atoms with Gasteiger partial charge in [-0.2, -0.15) is 0 Å². The molecule has 0 unspecified atom stereocenters. The van der Waals surface area contributed by atoms with Crippen LogP contribution in [0.1, 0.15) is 63.2 Å². The molecule has 33 heavy (non-hydrogen) atoms. The van der Waals surface area contributed by atoms with Gasteiger partial charge in [0.2, 0.25) is 5.79 Å². The summed E-state index contributed by atoms with van der Waals surface area (Å²) in [5, 5.41) is 0. The highest BCUT2D eigenvalue weighted by Gasteiger charge is 2.69. The molecule has 1 N–H and O–H groups in total. The summed E-state index contributed by atoms with van der Waals surface area (Å²) in [6.07, 6.45) is 3.75. The molecule has 1 aromatic rings. The minimum absolute atomic E-state index is 0.143. The number of carbonyl (C=O) groups is 1. The zero-order chi connectivity index (χ0) is 23.1. The van der Waals surface area contributed by atoms with E-state index < -0.39 is 17.7 Å². The second-order valence-corrected chi connectivity index (χ2v) is 10.1. The van der Waals surface area contributed by atoms with Crippen LogP contribution in [0.25, 0.3) is 0 Å². The fourth-order valence-corrected chi connectivity index (χ4v) is 6.16. The molecule has 1 spiro atoms. The zero-order valence-electron chi connectivity index (χ0n) is 19.7. The number of rotatable bonds is 7.